The fourth-order valence-electron chi connectivity index (χ4n) is 3.03. The summed E-state index contributed by atoms with van der Waals surface area (Å²) in [6, 6.07) is 0. The van der Waals surface area contributed by atoms with Crippen LogP contribution in [0.3, 0.4) is 0 Å². The summed E-state index contributed by atoms with van der Waals surface area (Å²) < 4.78 is 0. The van der Waals surface area contributed by atoms with Crippen LogP contribution in [0.5, 0.6) is 0 Å². The molecule has 0 radical (unpaired) electrons. The van der Waals surface area contributed by atoms with Crippen molar-refractivity contribution in [3.63, 3.8) is 0 Å². The second kappa shape index (κ2) is 3.56. The van der Waals surface area contributed by atoms with Gasteiger partial charge in [0.05, 0.1) is 0 Å². The summed E-state index contributed by atoms with van der Waals surface area (Å²) in [7, 11) is 0. The molecule has 0 spiro atoms. The van der Waals surface area contributed by atoms with E-state index < -0.39 is 0 Å². The Kier molecular flexibility index (Phi) is 2.58. The molecule has 3 nitrogen and oxygen atoms in total. The molecule has 3 heteroatoms. The molecule has 1 atom stereocenters. The smallest absolute Gasteiger partial charge is 0.0461 e. The zero-order valence-corrected chi connectivity index (χ0v) is 8.55. The Morgan fingerprint density at radius 3 is 2.54 bits per heavy atom. The maximum absolute atomic E-state index is 5.92. The van der Waals surface area contributed by atoms with Gasteiger partial charge in [-0.05, 0) is 38.4 Å². The number of hydrogen-bond acceptors (Lipinski definition) is 3. The molecule has 0 saturated carbocycles. The number of piperidine rings is 3. The number of nitrogens with zero attached hydrogens (tertiary/aromatic N) is 1. The third kappa shape index (κ3) is 1.49. The average Bonchev–Trinajstić information content (AvgIpc) is 2.20. The van der Waals surface area contributed by atoms with Gasteiger partial charge in [0.15, 0.2) is 0 Å². The summed E-state index contributed by atoms with van der Waals surface area (Å²) in [6.45, 7) is 7.76. The summed E-state index contributed by atoms with van der Waals surface area (Å²) in [5.41, 5.74) is 6.16. The Labute approximate surface area is 80.7 Å². The average molecular weight is 183 g/mol. The van der Waals surface area contributed by atoms with Crippen molar-refractivity contribution in [1.29, 1.82) is 0 Å². The van der Waals surface area contributed by atoms with Crippen LogP contribution in [0, 0.1) is 5.92 Å². The van der Waals surface area contributed by atoms with Crippen LogP contribution in [-0.2, 0) is 0 Å². The number of likely N-dealkylation sites (N-methyl/N-ethyl adjacent to an activating group) is 1. The molecule has 3 aliphatic rings. The van der Waals surface area contributed by atoms with Gasteiger partial charge in [0, 0.05) is 18.6 Å². The standard InChI is InChI=1S/C10H21N3/c1-2-12-10(7-11)8-13-5-3-9(10)4-6-13/h9,12H,2-8,11H2,1H3. The number of nitrogens with one attached hydrogen (secondary N) is 1. The predicted molar refractivity (Wildman–Crippen MR) is 54.6 cm³/mol. The molecule has 0 aromatic heterocycles. The summed E-state index contributed by atoms with van der Waals surface area (Å²) in [5, 5.41) is 3.61. The van der Waals surface area contributed by atoms with E-state index in [1.165, 1.54) is 32.5 Å². The Hall–Kier alpha value is -0.120. The number of fused-ring (bicyclic) bond motifs is 3. The highest BCUT2D eigenvalue weighted by molar-refractivity contribution is 5.04. The van der Waals surface area contributed by atoms with Crippen LogP contribution in [0.2, 0.25) is 0 Å². The molecular formula is C10H21N3. The van der Waals surface area contributed by atoms with Crippen molar-refractivity contribution in [2.75, 3.05) is 32.7 Å². The molecule has 0 aromatic rings. The van der Waals surface area contributed by atoms with Crippen LogP contribution in [0.25, 0.3) is 0 Å². The van der Waals surface area contributed by atoms with Gasteiger partial charge in [0.25, 0.3) is 0 Å². The van der Waals surface area contributed by atoms with Crippen LogP contribution >= 0.6 is 0 Å². The van der Waals surface area contributed by atoms with Gasteiger partial charge in [-0.25, -0.2) is 0 Å². The van der Waals surface area contributed by atoms with Crippen LogP contribution in [0.4, 0.5) is 0 Å². The fourth-order valence-corrected chi connectivity index (χ4v) is 3.03. The molecule has 0 aliphatic carbocycles. The lowest BCUT2D eigenvalue weighted by atomic mass is 9.73. The topological polar surface area (TPSA) is 41.3 Å². The van der Waals surface area contributed by atoms with Gasteiger partial charge in [0.1, 0.15) is 0 Å². The van der Waals surface area contributed by atoms with E-state index in [1.54, 1.807) is 0 Å². The monoisotopic (exact) mass is 183 g/mol. The minimum Gasteiger partial charge on any atom is -0.329 e. The Morgan fingerprint density at radius 2 is 2.15 bits per heavy atom. The molecule has 3 fully saturated rings. The zero-order valence-electron chi connectivity index (χ0n) is 8.55. The maximum atomic E-state index is 5.92. The first-order chi connectivity index (χ1) is 6.30. The van der Waals surface area contributed by atoms with Crippen LogP contribution in [0.1, 0.15) is 19.8 Å². The van der Waals surface area contributed by atoms with Gasteiger partial charge in [0.2, 0.25) is 0 Å². The first kappa shape index (κ1) is 9.44. The number of rotatable bonds is 3. The van der Waals surface area contributed by atoms with Crippen molar-refractivity contribution < 1.29 is 0 Å². The highest BCUT2D eigenvalue weighted by atomic mass is 15.2. The van der Waals surface area contributed by atoms with Crippen LogP contribution < -0.4 is 11.1 Å². The van der Waals surface area contributed by atoms with Gasteiger partial charge < -0.3 is 16.0 Å². The molecule has 2 bridgehead atoms. The molecular weight excluding hydrogens is 162 g/mol. The van der Waals surface area contributed by atoms with Crippen molar-refractivity contribution in [1.82, 2.24) is 10.2 Å². The lowest BCUT2D eigenvalue weighted by Crippen LogP contribution is -2.69. The van der Waals surface area contributed by atoms with Crippen molar-refractivity contribution in [2.45, 2.75) is 25.3 Å². The molecule has 3 aliphatic heterocycles. The molecule has 3 N–H and O–H groups in total. The number of nitrogens with two attached hydrogens (primary N) is 1. The second-order valence-corrected chi connectivity index (χ2v) is 4.44. The lowest BCUT2D eigenvalue weighted by molar-refractivity contribution is 0.0121. The van der Waals surface area contributed by atoms with E-state index in [4.69, 9.17) is 5.73 Å². The van der Waals surface area contributed by atoms with Gasteiger partial charge in [-0.2, -0.15) is 0 Å². The van der Waals surface area contributed by atoms with Crippen LogP contribution in [0.15, 0.2) is 0 Å². The van der Waals surface area contributed by atoms with E-state index >= 15 is 0 Å². The van der Waals surface area contributed by atoms with Crippen molar-refractivity contribution in [2.24, 2.45) is 11.7 Å². The van der Waals surface area contributed by atoms with Gasteiger partial charge in [-0.3, -0.25) is 0 Å². The third-order valence-corrected chi connectivity index (χ3v) is 3.77. The lowest BCUT2D eigenvalue weighted by Gasteiger charge is -2.53. The highest BCUT2D eigenvalue weighted by Crippen LogP contribution is 2.34. The first-order valence-electron chi connectivity index (χ1n) is 5.48. The van der Waals surface area contributed by atoms with Crippen molar-refractivity contribution in [3.05, 3.63) is 0 Å². The Balaban J connectivity index is 2.10. The first-order valence-corrected chi connectivity index (χ1v) is 5.48. The summed E-state index contributed by atoms with van der Waals surface area (Å²) in [4.78, 5) is 2.55. The number of hydrogen-bond donors (Lipinski definition) is 2. The van der Waals surface area contributed by atoms with E-state index in [2.05, 4.69) is 17.1 Å². The maximum Gasteiger partial charge on any atom is 0.0461 e. The van der Waals surface area contributed by atoms with Gasteiger partial charge in [-0.15, -0.1) is 0 Å². The summed E-state index contributed by atoms with van der Waals surface area (Å²) in [5.74, 6) is 0.822. The van der Waals surface area contributed by atoms with E-state index in [0.29, 0.717) is 0 Å². The second-order valence-electron chi connectivity index (χ2n) is 4.44. The molecule has 3 saturated heterocycles. The minimum absolute atomic E-state index is 0.241. The zero-order chi connectivity index (χ0) is 9.31. The molecule has 1 unspecified atom stereocenters. The Bertz CT molecular complexity index is 175. The molecule has 0 aromatic carbocycles. The van der Waals surface area contributed by atoms with Gasteiger partial charge in [-0.1, -0.05) is 6.92 Å². The minimum atomic E-state index is 0.241. The van der Waals surface area contributed by atoms with E-state index in [-0.39, 0.29) is 5.54 Å². The quantitative estimate of drug-likeness (QED) is 0.648. The molecule has 76 valence electrons. The van der Waals surface area contributed by atoms with Crippen molar-refractivity contribution in [3.8, 4) is 0 Å². The Morgan fingerprint density at radius 1 is 1.46 bits per heavy atom. The van der Waals surface area contributed by atoms with E-state index in [0.717, 1.165) is 19.0 Å². The van der Waals surface area contributed by atoms with Crippen molar-refractivity contribution >= 4 is 0 Å². The predicted octanol–water partition coefficient (Wildman–Crippen LogP) is 0.0190. The largest absolute Gasteiger partial charge is 0.329 e. The molecule has 3 rings (SSSR count). The van der Waals surface area contributed by atoms with E-state index in [9.17, 15) is 0 Å². The SMILES string of the molecule is CCNC1(CN)CN2CCC1CC2. The highest BCUT2D eigenvalue weighted by Gasteiger charge is 2.44. The summed E-state index contributed by atoms with van der Waals surface area (Å²) in [6.07, 6.45) is 2.68. The van der Waals surface area contributed by atoms with Gasteiger partial charge >= 0.3 is 0 Å². The fraction of sp³-hybridized carbons (Fsp3) is 1.00. The molecule has 13 heavy (non-hydrogen) atoms. The molecule has 0 amide bonds. The van der Waals surface area contributed by atoms with Crippen LogP contribution in [-0.4, -0.2) is 43.2 Å². The third-order valence-electron chi connectivity index (χ3n) is 3.77. The molecule has 3 heterocycles. The normalized spacial score (nSPS) is 43.8. The van der Waals surface area contributed by atoms with E-state index in [1.807, 2.05) is 0 Å². The summed E-state index contributed by atoms with van der Waals surface area (Å²) >= 11 is 0.